The number of nitrogens with zero attached hydrogens (tertiary/aromatic N) is 4. The largest absolute Gasteiger partial charge is 0.331 e. The van der Waals surface area contributed by atoms with Crippen LogP contribution in [-0.2, 0) is 5.54 Å². The highest BCUT2D eigenvalue weighted by atomic mass is 32.1. The molecule has 0 N–H and O–H groups in total. The summed E-state index contributed by atoms with van der Waals surface area (Å²) in [6.07, 6.45) is 2.29. The molecular weight excluding hydrogens is 805 g/mol. The minimum Gasteiger partial charge on any atom is -0.331 e. The Morgan fingerprint density at radius 1 is 0.460 bits per heavy atom. The van der Waals surface area contributed by atoms with Gasteiger partial charge < -0.3 is 13.7 Å². The number of aromatic nitrogens is 3. The van der Waals surface area contributed by atoms with Crippen molar-refractivity contribution < 1.29 is 0 Å². The van der Waals surface area contributed by atoms with Crippen LogP contribution in [-0.4, -0.2) is 13.7 Å². The summed E-state index contributed by atoms with van der Waals surface area (Å²) in [4.78, 5) is 0. The smallest absolute Gasteiger partial charge is 0.101 e. The number of fused-ring (bicyclic) bond motifs is 17. The van der Waals surface area contributed by atoms with Gasteiger partial charge in [0, 0.05) is 101 Å². The molecule has 0 spiro atoms. The molecule has 0 aliphatic rings. The van der Waals surface area contributed by atoms with Gasteiger partial charge in [-0.1, -0.05) is 109 Å². The lowest BCUT2D eigenvalue weighted by atomic mass is 9.87. The van der Waals surface area contributed by atoms with Gasteiger partial charge in [-0.05, 0) is 81.4 Å². The predicted octanol–water partition coefficient (Wildman–Crippen LogP) is 16.5. The van der Waals surface area contributed by atoms with Gasteiger partial charge in [-0.2, -0.15) is 5.26 Å². The predicted molar refractivity (Wildman–Crippen MR) is 272 cm³/mol. The Morgan fingerprint density at radius 2 is 0.905 bits per heavy atom. The van der Waals surface area contributed by atoms with Crippen molar-refractivity contribution in [1.29, 1.82) is 5.26 Å². The van der Waals surface area contributed by atoms with Gasteiger partial charge in [0.15, 0.2) is 0 Å². The van der Waals surface area contributed by atoms with Crippen molar-refractivity contribution in [1.82, 2.24) is 13.7 Å². The van der Waals surface area contributed by atoms with E-state index in [1.54, 1.807) is 0 Å². The van der Waals surface area contributed by atoms with Crippen molar-refractivity contribution in [2.75, 3.05) is 0 Å². The van der Waals surface area contributed by atoms with Crippen molar-refractivity contribution in [3.8, 4) is 6.07 Å². The molecule has 5 aromatic heterocycles. The lowest BCUT2D eigenvalue weighted by Gasteiger charge is -2.33. The second kappa shape index (κ2) is 13.3. The van der Waals surface area contributed by atoms with E-state index in [4.69, 9.17) is 0 Å². The Balaban J connectivity index is 1.18. The van der Waals surface area contributed by atoms with Crippen LogP contribution in [0.2, 0.25) is 0 Å². The molecule has 0 saturated carbocycles. The topological polar surface area (TPSA) is 38.6 Å². The zero-order valence-corrected chi connectivity index (χ0v) is 36.5. The highest BCUT2D eigenvalue weighted by Gasteiger charge is 2.34. The zero-order chi connectivity index (χ0) is 42.1. The first kappa shape index (κ1) is 36.2. The van der Waals surface area contributed by atoms with E-state index in [-0.39, 0.29) is 0 Å². The molecule has 13 aromatic rings. The number of benzene rings is 8. The standard InChI is InChI=1S/C57H38N4S2/c1-34(60-44-23-11-7-19-38(44)54-48(60)29-31-52-56(54)40-21-9-15-27-50(40)63-52)41(32-58)42(57(2,3)61-45-24-12-4-16-35(45)36-17-5-13-25-46(36)61)33-59-43-22-10-6-18-37(43)53-47(59)28-30-51-55(53)39-20-8-14-26-49(39)62-51/h4-31,33H,1-3H3/b41-34+,42-33-. The lowest BCUT2D eigenvalue weighted by molar-refractivity contribution is 0.462. The number of hydrogen-bond acceptors (Lipinski definition) is 3. The molecule has 8 aromatic carbocycles. The molecule has 0 unspecified atom stereocenters. The van der Waals surface area contributed by atoms with E-state index in [1.807, 2.05) is 22.7 Å². The Hall–Kier alpha value is -7.43. The number of thiophene rings is 2. The van der Waals surface area contributed by atoms with E-state index in [0.29, 0.717) is 5.57 Å². The monoisotopic (exact) mass is 842 g/mol. The zero-order valence-electron chi connectivity index (χ0n) is 34.8. The maximum absolute atomic E-state index is 11.9. The summed E-state index contributed by atoms with van der Waals surface area (Å²) in [5, 5.41) is 24.2. The Bertz CT molecular complexity index is 4150. The summed E-state index contributed by atoms with van der Waals surface area (Å²) in [6, 6.07) is 64.3. The summed E-state index contributed by atoms with van der Waals surface area (Å²) >= 11 is 3.69. The first-order valence-electron chi connectivity index (χ1n) is 21.4. The summed E-state index contributed by atoms with van der Waals surface area (Å²) in [6.45, 7) is 6.71. The first-order chi connectivity index (χ1) is 30.9. The fraction of sp³-hybridized carbons (Fsp3) is 0.0702. The number of nitriles is 1. The SMILES string of the molecule is C/C(=C(C#N)\C(=C\n1c2ccccc2c2c3c(ccc21)sc1ccccc13)C(C)(C)n1c2ccccc2c2ccccc21)n1c2ccccc2c2c3c(ccc21)sc1ccccc13. The van der Waals surface area contributed by atoms with Gasteiger partial charge in [0.2, 0.25) is 0 Å². The van der Waals surface area contributed by atoms with Crippen LogP contribution in [0.25, 0.3) is 118 Å². The summed E-state index contributed by atoms with van der Waals surface area (Å²) in [7, 11) is 0. The number of para-hydroxylation sites is 4. The van der Waals surface area contributed by atoms with Gasteiger partial charge in [-0.3, -0.25) is 0 Å². The van der Waals surface area contributed by atoms with E-state index >= 15 is 0 Å². The van der Waals surface area contributed by atoms with Crippen LogP contribution in [0.4, 0.5) is 0 Å². The summed E-state index contributed by atoms with van der Waals surface area (Å²) < 4.78 is 12.3. The minimum absolute atomic E-state index is 0.632. The van der Waals surface area contributed by atoms with Crippen molar-refractivity contribution in [3.05, 3.63) is 181 Å². The Labute approximate surface area is 370 Å². The molecular formula is C57H38N4S2. The van der Waals surface area contributed by atoms with Gasteiger partial charge in [-0.25, -0.2) is 0 Å². The molecule has 0 amide bonds. The van der Waals surface area contributed by atoms with Crippen LogP contribution in [0.15, 0.2) is 181 Å². The second-order valence-corrected chi connectivity index (χ2v) is 19.3. The number of allylic oxidation sites excluding steroid dienone is 3. The molecule has 0 aliphatic heterocycles. The molecule has 5 heterocycles. The normalized spacial score (nSPS) is 13.3. The average molecular weight is 843 g/mol. The molecule has 298 valence electrons. The van der Waals surface area contributed by atoms with Gasteiger partial charge >= 0.3 is 0 Å². The maximum atomic E-state index is 11.9. The third-order valence-electron chi connectivity index (χ3n) is 13.5. The van der Waals surface area contributed by atoms with Crippen LogP contribution < -0.4 is 0 Å². The van der Waals surface area contributed by atoms with E-state index in [2.05, 4.69) is 217 Å². The molecule has 4 nitrogen and oxygen atoms in total. The Kier molecular flexibility index (Phi) is 7.64. The highest BCUT2D eigenvalue weighted by Crippen LogP contribution is 2.47. The van der Waals surface area contributed by atoms with E-state index in [0.717, 1.165) is 44.4 Å². The minimum atomic E-state index is -0.735. The molecule has 0 fully saturated rings. The highest BCUT2D eigenvalue weighted by molar-refractivity contribution is 7.26. The van der Waals surface area contributed by atoms with Crippen molar-refractivity contribution in [2.45, 2.75) is 26.3 Å². The number of hydrogen-bond donors (Lipinski definition) is 0. The third kappa shape index (κ3) is 4.95. The van der Waals surface area contributed by atoms with Crippen LogP contribution >= 0.6 is 22.7 Å². The van der Waals surface area contributed by atoms with Crippen LogP contribution in [0.3, 0.4) is 0 Å². The van der Waals surface area contributed by atoms with Gasteiger partial charge in [0.25, 0.3) is 0 Å². The molecule has 13 rings (SSSR count). The molecule has 63 heavy (non-hydrogen) atoms. The van der Waals surface area contributed by atoms with Gasteiger partial charge in [0.05, 0.1) is 33.2 Å². The van der Waals surface area contributed by atoms with Crippen molar-refractivity contribution >= 4 is 140 Å². The van der Waals surface area contributed by atoms with Gasteiger partial charge in [0.1, 0.15) is 6.07 Å². The maximum Gasteiger partial charge on any atom is 0.101 e. The van der Waals surface area contributed by atoms with E-state index in [9.17, 15) is 5.26 Å². The fourth-order valence-electron chi connectivity index (χ4n) is 10.8. The number of rotatable bonds is 5. The van der Waals surface area contributed by atoms with Crippen LogP contribution in [0, 0.1) is 11.3 Å². The third-order valence-corrected chi connectivity index (χ3v) is 15.8. The molecule has 0 aliphatic carbocycles. The molecule has 0 bridgehead atoms. The lowest BCUT2D eigenvalue weighted by Crippen LogP contribution is -2.30. The van der Waals surface area contributed by atoms with Crippen LogP contribution in [0.1, 0.15) is 20.8 Å². The van der Waals surface area contributed by atoms with Crippen molar-refractivity contribution in [3.63, 3.8) is 0 Å². The summed E-state index contributed by atoms with van der Waals surface area (Å²) in [5.74, 6) is 0. The molecule has 6 heteroatoms. The quantitative estimate of drug-likeness (QED) is 0.126. The van der Waals surface area contributed by atoms with Gasteiger partial charge in [-0.15, -0.1) is 22.7 Å². The average Bonchev–Trinajstić information content (AvgIpc) is 4.12. The fourth-order valence-corrected chi connectivity index (χ4v) is 13.1. The first-order valence-corrected chi connectivity index (χ1v) is 23.0. The van der Waals surface area contributed by atoms with Crippen molar-refractivity contribution in [2.24, 2.45) is 0 Å². The molecule has 0 atom stereocenters. The van der Waals surface area contributed by atoms with Crippen LogP contribution in [0.5, 0.6) is 0 Å². The molecule has 0 radical (unpaired) electrons. The second-order valence-electron chi connectivity index (χ2n) is 17.1. The molecule has 0 saturated heterocycles. The summed E-state index contributed by atoms with van der Waals surface area (Å²) in [5.41, 5.74) is 8.34. The van der Waals surface area contributed by atoms with E-state index in [1.165, 1.54) is 72.7 Å². The van der Waals surface area contributed by atoms with E-state index < -0.39 is 5.54 Å². The Morgan fingerprint density at radius 3 is 1.48 bits per heavy atom.